The Kier molecular flexibility index (Phi) is 4.85. The van der Waals surface area contributed by atoms with E-state index in [0.717, 1.165) is 21.4 Å². The van der Waals surface area contributed by atoms with Gasteiger partial charge in [0.2, 0.25) is 4.96 Å². The Labute approximate surface area is 204 Å². The molecule has 7 nitrogen and oxygen atoms in total. The second-order valence-corrected chi connectivity index (χ2v) is 9.51. The van der Waals surface area contributed by atoms with Crippen molar-refractivity contribution in [1.29, 1.82) is 0 Å². The highest BCUT2D eigenvalue weighted by molar-refractivity contribution is 9.10. The van der Waals surface area contributed by atoms with Gasteiger partial charge in [0.25, 0.3) is 11.5 Å². The van der Waals surface area contributed by atoms with Gasteiger partial charge in [-0.25, -0.2) is 4.39 Å². The first-order valence-corrected chi connectivity index (χ1v) is 11.8. The summed E-state index contributed by atoms with van der Waals surface area (Å²) in [6.45, 7) is 0.0464. The first-order valence-electron chi connectivity index (χ1n) is 10.2. The van der Waals surface area contributed by atoms with Crippen molar-refractivity contribution in [2.45, 2.75) is 6.54 Å². The monoisotopic (exact) mass is 533 g/mol. The predicted octanol–water partition coefficient (Wildman–Crippen LogP) is 3.58. The number of fused-ring (bicyclic) bond motifs is 2. The number of rotatable bonds is 3. The summed E-state index contributed by atoms with van der Waals surface area (Å²) in [5.41, 5.74) is 2.18. The van der Waals surface area contributed by atoms with Gasteiger partial charge in [-0.2, -0.15) is 9.50 Å². The highest BCUT2D eigenvalue weighted by atomic mass is 79.9. The van der Waals surface area contributed by atoms with Gasteiger partial charge in [-0.15, -0.1) is 5.10 Å². The summed E-state index contributed by atoms with van der Waals surface area (Å²) in [5, 5.41) is 4.35. The van der Waals surface area contributed by atoms with Gasteiger partial charge in [0.05, 0.1) is 17.8 Å². The molecule has 2 aromatic carbocycles. The highest BCUT2D eigenvalue weighted by Crippen LogP contribution is 2.38. The number of carbonyl (C=O) groups is 1. The van der Waals surface area contributed by atoms with Crippen LogP contribution >= 0.6 is 27.3 Å². The van der Waals surface area contributed by atoms with Crippen LogP contribution in [-0.4, -0.2) is 25.5 Å². The van der Waals surface area contributed by atoms with E-state index in [1.54, 1.807) is 54.9 Å². The number of hydrogen-bond acceptors (Lipinski definition) is 6. The molecule has 5 aromatic rings. The molecule has 34 heavy (non-hydrogen) atoms. The largest absolute Gasteiger partial charge is 0.303 e. The smallest absolute Gasteiger partial charge is 0.291 e. The molecule has 6 rings (SSSR count). The van der Waals surface area contributed by atoms with Crippen LogP contribution in [-0.2, 0) is 11.3 Å². The van der Waals surface area contributed by atoms with Crippen molar-refractivity contribution in [2.24, 2.45) is 0 Å². The average Bonchev–Trinajstić information content (AvgIpc) is 3.47. The maximum absolute atomic E-state index is 14.3. The molecular weight excluding hydrogens is 521 g/mol. The van der Waals surface area contributed by atoms with Crippen LogP contribution in [0.1, 0.15) is 11.1 Å². The van der Waals surface area contributed by atoms with E-state index >= 15 is 0 Å². The van der Waals surface area contributed by atoms with Crippen LogP contribution in [0.25, 0.3) is 21.9 Å². The fourth-order valence-electron chi connectivity index (χ4n) is 3.99. The van der Waals surface area contributed by atoms with Gasteiger partial charge in [0.15, 0.2) is 5.82 Å². The zero-order valence-corrected chi connectivity index (χ0v) is 19.7. The lowest BCUT2D eigenvalue weighted by Gasteiger charge is -2.17. The summed E-state index contributed by atoms with van der Waals surface area (Å²) in [5.74, 6) is -0.356. The minimum Gasteiger partial charge on any atom is -0.303 e. The van der Waals surface area contributed by atoms with Gasteiger partial charge < -0.3 is 4.90 Å². The van der Waals surface area contributed by atoms with E-state index < -0.39 is 11.4 Å². The maximum atomic E-state index is 14.3. The number of carbonyl (C=O) groups excluding carboxylic acids is 1. The molecule has 0 N–H and O–H groups in total. The van der Waals surface area contributed by atoms with Crippen LogP contribution in [0.5, 0.6) is 0 Å². The van der Waals surface area contributed by atoms with E-state index in [-0.39, 0.29) is 22.6 Å². The van der Waals surface area contributed by atoms with Gasteiger partial charge >= 0.3 is 0 Å². The van der Waals surface area contributed by atoms with Crippen LogP contribution in [0.4, 0.5) is 10.1 Å². The fourth-order valence-corrected chi connectivity index (χ4v) is 5.34. The molecule has 0 atom stereocenters. The van der Waals surface area contributed by atoms with Crippen LogP contribution in [0, 0.1) is 5.82 Å². The zero-order chi connectivity index (χ0) is 23.4. The van der Waals surface area contributed by atoms with Gasteiger partial charge in [-0.3, -0.25) is 14.6 Å². The third-order valence-electron chi connectivity index (χ3n) is 5.59. The Balaban J connectivity index is 1.53. The van der Waals surface area contributed by atoms with Crippen molar-refractivity contribution >= 4 is 49.4 Å². The van der Waals surface area contributed by atoms with E-state index in [9.17, 15) is 14.0 Å². The van der Waals surface area contributed by atoms with Gasteiger partial charge in [0, 0.05) is 33.6 Å². The number of nitrogens with zero attached hydrogens (tertiary/aromatic N) is 5. The molecule has 1 aliphatic heterocycles. The van der Waals surface area contributed by atoms with E-state index in [4.69, 9.17) is 0 Å². The van der Waals surface area contributed by atoms with Crippen molar-refractivity contribution in [3.63, 3.8) is 0 Å². The van der Waals surface area contributed by atoms with Gasteiger partial charge in [-0.05, 0) is 36.4 Å². The summed E-state index contributed by atoms with van der Waals surface area (Å²) in [6, 6.07) is 15.2. The van der Waals surface area contributed by atoms with Crippen molar-refractivity contribution in [3.05, 3.63) is 103 Å². The molecule has 0 fully saturated rings. The lowest BCUT2D eigenvalue weighted by Crippen LogP contribution is -2.32. The van der Waals surface area contributed by atoms with Crippen LogP contribution in [0.3, 0.4) is 0 Å². The zero-order valence-electron chi connectivity index (χ0n) is 17.3. The van der Waals surface area contributed by atoms with Gasteiger partial charge in [-0.1, -0.05) is 45.5 Å². The second-order valence-electron chi connectivity index (χ2n) is 7.62. The third kappa shape index (κ3) is 3.25. The van der Waals surface area contributed by atoms with E-state index in [0.29, 0.717) is 27.6 Å². The third-order valence-corrected chi connectivity index (χ3v) is 7.11. The minimum absolute atomic E-state index is 0.0464. The number of halogens is 2. The number of benzene rings is 2. The van der Waals surface area contributed by atoms with Crippen molar-refractivity contribution < 1.29 is 9.18 Å². The molecule has 3 aromatic heterocycles. The lowest BCUT2D eigenvalue weighted by atomic mass is 10.1. The van der Waals surface area contributed by atoms with Crippen molar-refractivity contribution in [1.82, 2.24) is 19.6 Å². The second kappa shape index (κ2) is 7.93. The number of pyridine rings is 1. The summed E-state index contributed by atoms with van der Waals surface area (Å²) in [6.07, 6.45) is 3.25. The Bertz CT molecular complexity index is 1720. The predicted molar refractivity (Wildman–Crippen MR) is 130 cm³/mol. The molecule has 1 amide bonds. The first kappa shape index (κ1) is 20.8. The first-order chi connectivity index (χ1) is 16.5. The van der Waals surface area contributed by atoms with E-state index in [1.807, 2.05) is 6.07 Å². The number of amides is 1. The quantitative estimate of drug-likeness (QED) is 0.354. The molecule has 0 unspecified atom stereocenters. The van der Waals surface area contributed by atoms with Gasteiger partial charge in [0.1, 0.15) is 10.3 Å². The molecule has 0 bridgehead atoms. The maximum Gasteiger partial charge on any atom is 0.291 e. The molecule has 4 heterocycles. The highest BCUT2D eigenvalue weighted by Gasteiger charge is 2.35. The SMILES string of the molecule is O=C1C(=c2sc3nc(-c4ccncc4)nn3c2=O)c2cc(Br)ccc2N1Cc1ccccc1F. The Morgan fingerprint density at radius 2 is 1.82 bits per heavy atom. The molecule has 0 spiro atoms. The topological polar surface area (TPSA) is 80.5 Å². The molecule has 0 aliphatic carbocycles. The van der Waals surface area contributed by atoms with Crippen molar-refractivity contribution in [2.75, 3.05) is 4.90 Å². The molecule has 0 radical (unpaired) electrons. The molecule has 166 valence electrons. The molecular formula is C24H13BrFN5O2S. The Morgan fingerprint density at radius 1 is 1.03 bits per heavy atom. The summed E-state index contributed by atoms with van der Waals surface area (Å²) in [4.78, 5) is 37.2. The summed E-state index contributed by atoms with van der Waals surface area (Å²) in [7, 11) is 0. The standard InChI is InChI=1S/C24H13BrFN5O2S/c25-15-5-6-18-16(11-15)19(22(32)30(18)12-14-3-1-2-4-17(14)26)20-23(33)31-24(34-20)28-21(29-31)13-7-9-27-10-8-13/h1-11H,12H2. The van der Waals surface area contributed by atoms with Crippen molar-refractivity contribution in [3.8, 4) is 11.4 Å². The lowest BCUT2D eigenvalue weighted by molar-refractivity contribution is -0.113. The van der Waals surface area contributed by atoms with E-state index in [1.165, 1.54) is 15.5 Å². The molecule has 10 heteroatoms. The Hall–Kier alpha value is -3.76. The Morgan fingerprint density at radius 3 is 2.59 bits per heavy atom. The molecule has 0 saturated heterocycles. The molecule has 0 saturated carbocycles. The summed E-state index contributed by atoms with van der Waals surface area (Å²) < 4.78 is 16.6. The number of hydrogen-bond donors (Lipinski definition) is 0. The average molecular weight is 534 g/mol. The number of aromatic nitrogens is 4. The molecule has 1 aliphatic rings. The summed E-state index contributed by atoms with van der Waals surface area (Å²) >= 11 is 4.56. The van der Waals surface area contributed by atoms with Crippen LogP contribution < -0.4 is 15.0 Å². The van der Waals surface area contributed by atoms with Crippen LogP contribution in [0.2, 0.25) is 0 Å². The normalized spacial score (nSPS) is 14.8. The van der Waals surface area contributed by atoms with Crippen LogP contribution in [0.15, 0.2) is 76.3 Å². The van der Waals surface area contributed by atoms with E-state index in [2.05, 4.69) is 31.0 Å². The minimum atomic E-state index is -0.421. The number of anilines is 1. The fraction of sp³-hybridized carbons (Fsp3) is 0.0417. The number of thiazole rings is 1.